The van der Waals surface area contributed by atoms with Crippen LogP contribution < -0.4 is 14.2 Å². The molecule has 0 aliphatic heterocycles. The van der Waals surface area contributed by atoms with Crippen molar-refractivity contribution in [1.29, 1.82) is 0 Å². The molecule has 0 saturated heterocycles. The zero-order valence-corrected chi connectivity index (χ0v) is 22.2. The minimum Gasteiger partial charge on any atom is -0.490 e. The summed E-state index contributed by atoms with van der Waals surface area (Å²) in [4.78, 5) is 35.6. The van der Waals surface area contributed by atoms with Crippen LogP contribution in [0, 0.1) is 0 Å². The van der Waals surface area contributed by atoms with Gasteiger partial charge in [0.05, 0.1) is 0 Å². The second-order valence-corrected chi connectivity index (χ2v) is 8.90. The van der Waals surface area contributed by atoms with Crippen LogP contribution in [0.5, 0.6) is 17.2 Å². The van der Waals surface area contributed by atoms with Gasteiger partial charge in [0.15, 0.2) is 0 Å². The number of esters is 3. The van der Waals surface area contributed by atoms with E-state index < -0.39 is 17.9 Å². The van der Waals surface area contributed by atoms with E-state index in [0.29, 0.717) is 16.9 Å². The molecule has 0 N–H and O–H groups in total. The first-order chi connectivity index (χ1) is 18.5. The summed E-state index contributed by atoms with van der Waals surface area (Å²) in [7, 11) is 0. The number of benzene rings is 3. The Morgan fingerprint density at radius 3 is 1.38 bits per heavy atom. The Hall–Kier alpha value is -4.91. The third-order valence-electron chi connectivity index (χ3n) is 5.34. The summed E-state index contributed by atoms with van der Waals surface area (Å²) in [5, 5.41) is 0. The number of rotatable bonds is 11. The molecule has 3 aromatic rings. The molecule has 7 nitrogen and oxygen atoms in total. The topological polar surface area (TPSA) is 88.1 Å². The Kier molecular flexibility index (Phi) is 9.59. The lowest BCUT2D eigenvalue weighted by Crippen LogP contribution is -2.12. The van der Waals surface area contributed by atoms with Crippen LogP contribution in [0.1, 0.15) is 20.8 Å². The first kappa shape index (κ1) is 28.7. The molecule has 0 amide bonds. The van der Waals surface area contributed by atoms with Crippen LogP contribution in [0.15, 0.2) is 103 Å². The fourth-order valence-corrected chi connectivity index (χ4v) is 3.26. The molecule has 0 aliphatic rings. The number of carbonyl (C=O) groups is 3. The Morgan fingerprint density at radius 2 is 0.949 bits per heavy atom. The molecule has 7 heteroatoms. The zero-order chi connectivity index (χ0) is 28.5. The summed E-state index contributed by atoms with van der Waals surface area (Å²) in [6.07, 6.45) is 0. The van der Waals surface area contributed by atoms with Gasteiger partial charge in [-0.25, -0.2) is 14.4 Å². The highest BCUT2D eigenvalue weighted by Gasteiger charge is 2.13. The summed E-state index contributed by atoms with van der Waals surface area (Å²) < 4.78 is 21.4. The van der Waals surface area contributed by atoms with Crippen LogP contribution in [-0.4, -0.2) is 31.1 Å². The van der Waals surface area contributed by atoms with Crippen LogP contribution in [0.3, 0.4) is 0 Å². The van der Waals surface area contributed by atoms with Crippen molar-refractivity contribution in [3.05, 3.63) is 103 Å². The first-order valence-electron chi connectivity index (χ1n) is 12.1. The van der Waals surface area contributed by atoms with Crippen LogP contribution >= 0.6 is 0 Å². The summed E-state index contributed by atoms with van der Waals surface area (Å²) in [6, 6.07) is 20.1. The highest BCUT2D eigenvalue weighted by molar-refractivity contribution is 5.90. The number of carbonyl (C=O) groups excluding carboxylic acids is 3. The second-order valence-electron chi connectivity index (χ2n) is 8.90. The molecule has 0 aliphatic carbocycles. The van der Waals surface area contributed by atoms with Crippen LogP contribution in [0.25, 0.3) is 22.3 Å². The molecule has 3 aromatic carbocycles. The van der Waals surface area contributed by atoms with Crippen LogP contribution in [0.2, 0.25) is 0 Å². The average Bonchev–Trinajstić information content (AvgIpc) is 2.91. The molecule has 0 aromatic heterocycles. The van der Waals surface area contributed by atoms with Gasteiger partial charge in [0.2, 0.25) is 0 Å². The number of hydrogen-bond acceptors (Lipinski definition) is 7. The van der Waals surface area contributed by atoms with Gasteiger partial charge in [0.25, 0.3) is 0 Å². The van der Waals surface area contributed by atoms with Crippen molar-refractivity contribution in [2.75, 3.05) is 13.2 Å². The van der Waals surface area contributed by atoms with Crippen molar-refractivity contribution >= 4 is 17.9 Å². The van der Waals surface area contributed by atoms with Crippen LogP contribution in [0.4, 0.5) is 0 Å². The number of ether oxygens (including phenoxy) is 4. The van der Waals surface area contributed by atoms with Crippen molar-refractivity contribution in [1.82, 2.24) is 0 Å². The van der Waals surface area contributed by atoms with E-state index in [1.54, 1.807) is 32.9 Å². The van der Waals surface area contributed by atoms with E-state index in [2.05, 4.69) is 19.7 Å². The van der Waals surface area contributed by atoms with Gasteiger partial charge < -0.3 is 18.9 Å². The normalized spacial score (nSPS) is 10.2. The quantitative estimate of drug-likeness (QED) is 0.122. The second kappa shape index (κ2) is 13.1. The standard InChI is InChI=1S/C32H30O7/c1-20(2)30(33)37-16-15-36-27-13-11-24(12-14-27)23-7-9-25(10-8-23)26-17-28(38-31(34)21(3)4)19-29(18-26)39-32(35)22(5)6/h7-14,17-19H,1,3,5,15-16H2,2,4,6H3. The van der Waals surface area contributed by atoms with Gasteiger partial charge in [0.1, 0.15) is 30.5 Å². The van der Waals surface area contributed by atoms with Gasteiger partial charge in [-0.05, 0) is 67.3 Å². The van der Waals surface area contributed by atoms with E-state index in [9.17, 15) is 14.4 Å². The van der Waals surface area contributed by atoms with Gasteiger partial charge in [-0.15, -0.1) is 0 Å². The molecular weight excluding hydrogens is 496 g/mol. The van der Waals surface area contributed by atoms with Gasteiger partial charge in [-0.2, -0.15) is 0 Å². The maximum atomic E-state index is 12.1. The van der Waals surface area contributed by atoms with E-state index in [1.807, 2.05) is 48.5 Å². The maximum Gasteiger partial charge on any atom is 0.338 e. The molecule has 0 radical (unpaired) electrons. The van der Waals surface area contributed by atoms with Crippen molar-refractivity contribution in [3.63, 3.8) is 0 Å². The van der Waals surface area contributed by atoms with Crippen molar-refractivity contribution in [2.45, 2.75) is 20.8 Å². The van der Waals surface area contributed by atoms with Gasteiger partial charge in [-0.1, -0.05) is 56.1 Å². The lowest BCUT2D eigenvalue weighted by Gasteiger charge is -2.12. The third kappa shape index (κ3) is 8.30. The Morgan fingerprint density at radius 1 is 0.538 bits per heavy atom. The van der Waals surface area contributed by atoms with Gasteiger partial charge in [-0.3, -0.25) is 0 Å². The van der Waals surface area contributed by atoms with Crippen LogP contribution in [-0.2, 0) is 19.1 Å². The predicted molar refractivity (Wildman–Crippen MR) is 149 cm³/mol. The lowest BCUT2D eigenvalue weighted by atomic mass is 10.00. The molecule has 0 bridgehead atoms. The Bertz CT molecular complexity index is 1370. The molecule has 0 spiro atoms. The monoisotopic (exact) mass is 526 g/mol. The molecular formula is C32H30O7. The third-order valence-corrected chi connectivity index (χ3v) is 5.34. The zero-order valence-electron chi connectivity index (χ0n) is 22.2. The molecule has 0 atom stereocenters. The fraction of sp³-hybridized carbons (Fsp3) is 0.156. The summed E-state index contributed by atoms with van der Waals surface area (Å²) in [6.45, 7) is 15.8. The van der Waals surface area contributed by atoms with Gasteiger partial charge in [0, 0.05) is 22.8 Å². The molecule has 0 fully saturated rings. The lowest BCUT2D eigenvalue weighted by molar-refractivity contribution is -0.139. The fourth-order valence-electron chi connectivity index (χ4n) is 3.26. The highest BCUT2D eigenvalue weighted by Crippen LogP contribution is 2.32. The Labute approximate surface area is 228 Å². The first-order valence-corrected chi connectivity index (χ1v) is 12.1. The molecule has 200 valence electrons. The van der Waals surface area contributed by atoms with Crippen molar-refractivity contribution in [2.24, 2.45) is 0 Å². The van der Waals surface area contributed by atoms with E-state index in [-0.39, 0.29) is 35.9 Å². The highest BCUT2D eigenvalue weighted by atomic mass is 16.6. The van der Waals surface area contributed by atoms with E-state index in [1.165, 1.54) is 6.07 Å². The SMILES string of the molecule is C=C(C)C(=O)OCCOc1ccc(-c2ccc(-c3cc(OC(=O)C(=C)C)cc(OC(=O)C(=C)C)c3)cc2)cc1. The van der Waals surface area contributed by atoms with Crippen molar-refractivity contribution in [3.8, 4) is 39.5 Å². The summed E-state index contributed by atoms with van der Waals surface area (Å²) >= 11 is 0. The molecule has 0 heterocycles. The molecule has 0 saturated carbocycles. The van der Waals surface area contributed by atoms with Gasteiger partial charge >= 0.3 is 17.9 Å². The smallest absolute Gasteiger partial charge is 0.338 e. The largest absolute Gasteiger partial charge is 0.490 e. The Balaban J connectivity index is 1.75. The predicted octanol–water partition coefficient (Wildman–Crippen LogP) is 6.48. The average molecular weight is 527 g/mol. The van der Waals surface area contributed by atoms with E-state index >= 15 is 0 Å². The summed E-state index contributed by atoms with van der Waals surface area (Å²) in [5.74, 6) is -0.515. The molecule has 0 unspecified atom stereocenters. The summed E-state index contributed by atoms with van der Waals surface area (Å²) in [5.41, 5.74) is 4.29. The molecule has 3 rings (SSSR count). The minimum atomic E-state index is -0.583. The van der Waals surface area contributed by atoms with E-state index in [0.717, 1.165) is 16.7 Å². The molecule has 39 heavy (non-hydrogen) atoms. The van der Waals surface area contributed by atoms with E-state index in [4.69, 9.17) is 18.9 Å². The van der Waals surface area contributed by atoms with Crippen molar-refractivity contribution < 1.29 is 33.3 Å². The minimum absolute atomic E-state index is 0.136. The number of hydrogen-bond donors (Lipinski definition) is 0. The maximum absolute atomic E-state index is 12.1.